The van der Waals surface area contributed by atoms with Crippen LogP contribution in [0.4, 0.5) is 0 Å². The van der Waals surface area contributed by atoms with Crippen LogP contribution in [0.3, 0.4) is 0 Å². The van der Waals surface area contributed by atoms with Crippen LogP contribution in [0.5, 0.6) is 0 Å². The van der Waals surface area contributed by atoms with Crippen molar-refractivity contribution in [3.8, 4) is 10.7 Å². The molecule has 0 bridgehead atoms. The fraction of sp³-hybridized carbons (Fsp3) is 0.300. The lowest BCUT2D eigenvalue weighted by Gasteiger charge is -2.07. The zero-order chi connectivity index (χ0) is 20.5. The molecule has 152 valence electrons. The summed E-state index contributed by atoms with van der Waals surface area (Å²) < 4.78 is 6.08. The number of amides is 2. The minimum atomic E-state index is -0.275. The third kappa shape index (κ3) is 6.79. The predicted octanol–water partition coefficient (Wildman–Crippen LogP) is 3.82. The van der Waals surface area contributed by atoms with E-state index in [-0.39, 0.29) is 18.4 Å². The quantitative estimate of drug-likeness (QED) is 0.433. The second kappa shape index (κ2) is 10.9. The molecule has 9 heteroatoms. The Bertz CT molecular complexity index is 943. The highest BCUT2D eigenvalue weighted by Crippen LogP contribution is 2.21. The number of hydrogen-bond donors (Lipinski definition) is 2. The van der Waals surface area contributed by atoms with Crippen LogP contribution in [0.15, 0.2) is 50.8 Å². The lowest BCUT2D eigenvalue weighted by Crippen LogP contribution is -2.37. The van der Waals surface area contributed by atoms with Gasteiger partial charge in [0.15, 0.2) is 0 Å². The van der Waals surface area contributed by atoms with Crippen molar-refractivity contribution in [1.82, 2.24) is 20.8 Å². The van der Waals surface area contributed by atoms with Crippen LogP contribution in [-0.4, -0.2) is 35.0 Å². The molecular weight excluding hydrogens is 456 g/mol. The molecule has 0 aliphatic heterocycles. The minimum absolute atomic E-state index is 0.0428. The summed E-state index contributed by atoms with van der Waals surface area (Å²) in [4.78, 5) is 29.2. The highest BCUT2D eigenvalue weighted by atomic mass is 79.9. The smallest absolute Gasteiger partial charge is 0.251 e. The van der Waals surface area contributed by atoms with E-state index in [1.54, 1.807) is 29.5 Å². The van der Waals surface area contributed by atoms with Crippen molar-refractivity contribution >= 4 is 39.1 Å². The highest BCUT2D eigenvalue weighted by Gasteiger charge is 2.10. The zero-order valence-electron chi connectivity index (χ0n) is 15.7. The molecule has 3 aromatic rings. The first-order valence-electron chi connectivity index (χ1n) is 9.29. The number of carbonyl (C=O) groups is 2. The van der Waals surface area contributed by atoms with Crippen LogP contribution in [-0.2, 0) is 11.2 Å². The normalized spacial score (nSPS) is 10.7. The maximum absolute atomic E-state index is 12.0. The van der Waals surface area contributed by atoms with E-state index >= 15 is 0 Å². The number of halogens is 1. The number of benzene rings is 1. The van der Waals surface area contributed by atoms with E-state index in [4.69, 9.17) is 4.52 Å². The van der Waals surface area contributed by atoms with E-state index in [1.807, 2.05) is 23.6 Å². The lowest BCUT2D eigenvalue weighted by atomic mass is 10.2. The summed E-state index contributed by atoms with van der Waals surface area (Å²) in [7, 11) is 0. The first-order valence-corrected chi connectivity index (χ1v) is 11.0. The van der Waals surface area contributed by atoms with Gasteiger partial charge < -0.3 is 15.2 Å². The molecule has 2 heterocycles. The number of unbranched alkanes of at least 4 members (excludes halogenated alkanes) is 2. The molecular formula is C20H21BrN4O3S. The number of nitrogens with zero attached hydrogens (tertiary/aromatic N) is 2. The maximum atomic E-state index is 12.0. The van der Waals surface area contributed by atoms with Gasteiger partial charge in [-0.15, -0.1) is 11.3 Å². The van der Waals surface area contributed by atoms with Crippen molar-refractivity contribution in [2.75, 3.05) is 13.1 Å². The number of carbonyl (C=O) groups excluding carboxylic acids is 2. The summed E-state index contributed by atoms with van der Waals surface area (Å²) in [5.41, 5.74) is 0.510. The van der Waals surface area contributed by atoms with E-state index in [0.29, 0.717) is 23.8 Å². The molecule has 0 fully saturated rings. The first kappa shape index (κ1) is 21.2. The average Bonchev–Trinajstić information content (AvgIpc) is 3.40. The Kier molecular flexibility index (Phi) is 7.94. The molecule has 2 aromatic heterocycles. The van der Waals surface area contributed by atoms with E-state index in [9.17, 15) is 9.59 Å². The summed E-state index contributed by atoms with van der Waals surface area (Å²) in [5, 5.41) is 11.4. The fourth-order valence-electron chi connectivity index (χ4n) is 2.62. The monoisotopic (exact) mass is 476 g/mol. The summed E-state index contributed by atoms with van der Waals surface area (Å²) >= 11 is 4.90. The number of aryl methyl sites for hydroxylation is 1. The Morgan fingerprint density at radius 3 is 2.79 bits per heavy atom. The molecule has 0 unspecified atom stereocenters. The second-order valence-electron chi connectivity index (χ2n) is 6.34. The van der Waals surface area contributed by atoms with Crippen LogP contribution < -0.4 is 10.6 Å². The molecule has 0 atom stereocenters. The molecule has 0 aliphatic rings. The van der Waals surface area contributed by atoms with Crippen molar-refractivity contribution in [2.24, 2.45) is 0 Å². The number of rotatable bonds is 10. The number of hydrogen-bond acceptors (Lipinski definition) is 6. The third-order valence-electron chi connectivity index (χ3n) is 4.10. The largest absolute Gasteiger partial charge is 0.355 e. The second-order valence-corrected chi connectivity index (χ2v) is 8.21. The molecule has 3 rings (SSSR count). The fourth-order valence-corrected chi connectivity index (χ4v) is 3.67. The van der Waals surface area contributed by atoms with Crippen molar-refractivity contribution in [2.45, 2.75) is 25.7 Å². The van der Waals surface area contributed by atoms with E-state index in [0.717, 1.165) is 35.0 Å². The van der Waals surface area contributed by atoms with Gasteiger partial charge in [-0.2, -0.15) is 4.98 Å². The average molecular weight is 477 g/mol. The van der Waals surface area contributed by atoms with Gasteiger partial charge >= 0.3 is 0 Å². The number of aromatic nitrogens is 2. The molecule has 7 nitrogen and oxygen atoms in total. The topological polar surface area (TPSA) is 97.1 Å². The first-order chi connectivity index (χ1) is 14.1. The Labute approximate surface area is 181 Å². The molecule has 1 aromatic carbocycles. The van der Waals surface area contributed by atoms with Gasteiger partial charge in [-0.3, -0.25) is 9.59 Å². The molecule has 29 heavy (non-hydrogen) atoms. The standard InChI is InChI=1S/C20H21BrN4O3S/c21-15-7-4-6-14(12-15)20(27)23-13-17(26)22-10-3-1-2-9-18-24-19(25-28-18)16-8-5-11-29-16/h4-8,11-12H,1-3,9-10,13H2,(H,22,26)(H,23,27). The molecule has 0 saturated carbocycles. The SMILES string of the molecule is O=C(CNC(=O)c1cccc(Br)c1)NCCCCCc1nc(-c2cccs2)no1. The summed E-state index contributed by atoms with van der Waals surface area (Å²) in [5.74, 6) is 0.786. The van der Waals surface area contributed by atoms with Crippen molar-refractivity contribution in [3.63, 3.8) is 0 Å². The van der Waals surface area contributed by atoms with E-state index < -0.39 is 0 Å². The predicted molar refractivity (Wildman–Crippen MR) is 115 cm³/mol. The molecule has 0 aliphatic carbocycles. The van der Waals surface area contributed by atoms with Gasteiger partial charge in [0.05, 0.1) is 11.4 Å². The van der Waals surface area contributed by atoms with Gasteiger partial charge in [-0.05, 0) is 42.5 Å². The highest BCUT2D eigenvalue weighted by molar-refractivity contribution is 9.10. The van der Waals surface area contributed by atoms with E-state index in [2.05, 4.69) is 36.7 Å². The van der Waals surface area contributed by atoms with Crippen molar-refractivity contribution in [1.29, 1.82) is 0 Å². The van der Waals surface area contributed by atoms with Gasteiger partial charge in [0, 0.05) is 23.0 Å². The minimum Gasteiger partial charge on any atom is -0.355 e. The van der Waals surface area contributed by atoms with Crippen molar-refractivity contribution in [3.05, 3.63) is 57.7 Å². The van der Waals surface area contributed by atoms with Gasteiger partial charge in [0.25, 0.3) is 5.91 Å². The molecule has 0 spiro atoms. The van der Waals surface area contributed by atoms with Crippen LogP contribution in [0.2, 0.25) is 0 Å². The Morgan fingerprint density at radius 1 is 1.10 bits per heavy atom. The van der Waals surface area contributed by atoms with Crippen LogP contribution in [0, 0.1) is 0 Å². The maximum Gasteiger partial charge on any atom is 0.251 e. The molecule has 2 N–H and O–H groups in total. The summed E-state index contributed by atoms with van der Waals surface area (Å²) in [6, 6.07) is 10.9. The number of nitrogens with one attached hydrogen (secondary N) is 2. The molecule has 0 saturated heterocycles. The summed E-state index contributed by atoms with van der Waals surface area (Å²) in [6.45, 7) is 0.523. The zero-order valence-corrected chi connectivity index (χ0v) is 18.1. The Hall–Kier alpha value is -2.52. The van der Waals surface area contributed by atoms with Gasteiger partial charge in [-0.25, -0.2) is 0 Å². The summed E-state index contributed by atoms with van der Waals surface area (Å²) in [6.07, 6.45) is 3.40. The number of thiophene rings is 1. The van der Waals surface area contributed by atoms with Crippen molar-refractivity contribution < 1.29 is 14.1 Å². The van der Waals surface area contributed by atoms with Gasteiger partial charge in [0.1, 0.15) is 0 Å². The molecule has 0 radical (unpaired) electrons. The third-order valence-corrected chi connectivity index (χ3v) is 5.45. The van der Waals surface area contributed by atoms with Crippen LogP contribution in [0.1, 0.15) is 35.5 Å². The van der Waals surface area contributed by atoms with Crippen LogP contribution >= 0.6 is 27.3 Å². The Morgan fingerprint density at radius 2 is 2.00 bits per heavy atom. The lowest BCUT2D eigenvalue weighted by molar-refractivity contribution is -0.120. The van der Waals surface area contributed by atoms with Crippen LogP contribution in [0.25, 0.3) is 10.7 Å². The van der Waals surface area contributed by atoms with E-state index in [1.165, 1.54) is 0 Å². The Balaban J connectivity index is 1.26. The van der Waals surface area contributed by atoms with Gasteiger partial charge in [0.2, 0.25) is 17.6 Å². The van der Waals surface area contributed by atoms with Gasteiger partial charge in [-0.1, -0.05) is 39.6 Å². The molecule has 2 amide bonds.